The van der Waals surface area contributed by atoms with Crippen LogP contribution in [0.4, 0.5) is 0 Å². The van der Waals surface area contributed by atoms with Gasteiger partial charge in [-0.15, -0.1) is 0 Å². The zero-order chi connectivity index (χ0) is 8.67. The van der Waals surface area contributed by atoms with E-state index >= 15 is 0 Å². The van der Waals surface area contributed by atoms with Gasteiger partial charge in [-0.2, -0.15) is 0 Å². The quantitative estimate of drug-likeness (QED) is 0.601. The molecule has 2 aliphatic carbocycles. The molecular formula is C13H10. The van der Waals surface area contributed by atoms with Crippen LogP contribution in [0.25, 0.3) is 5.57 Å². The van der Waals surface area contributed by atoms with E-state index in [1.165, 1.54) is 16.7 Å². The number of hydrogen-bond acceptors (Lipinski definition) is 0. The van der Waals surface area contributed by atoms with Gasteiger partial charge in [0.25, 0.3) is 0 Å². The second-order valence-electron chi connectivity index (χ2n) is 3.48. The highest BCUT2D eigenvalue weighted by Crippen LogP contribution is 2.43. The van der Waals surface area contributed by atoms with E-state index in [0.29, 0.717) is 5.92 Å². The number of benzene rings is 1. The molecule has 1 aromatic carbocycles. The highest BCUT2D eigenvalue weighted by atomic mass is 14.3. The SMILES string of the molecule is C1=C[C@@H]2C=C2C(c2ccccc2)=C1. The van der Waals surface area contributed by atoms with Crippen LogP contribution in [0, 0.1) is 5.92 Å². The van der Waals surface area contributed by atoms with Crippen molar-refractivity contribution in [1.82, 2.24) is 0 Å². The Morgan fingerprint density at radius 2 is 1.85 bits per heavy atom. The normalized spacial score (nSPS) is 23.2. The maximum absolute atomic E-state index is 2.31. The largest absolute Gasteiger partial charge is 0.0732 e. The molecule has 0 fully saturated rings. The monoisotopic (exact) mass is 166 g/mol. The molecular weight excluding hydrogens is 156 g/mol. The van der Waals surface area contributed by atoms with Crippen molar-refractivity contribution in [3.63, 3.8) is 0 Å². The Kier molecular flexibility index (Phi) is 1.31. The molecule has 0 N–H and O–H groups in total. The third-order valence-electron chi connectivity index (χ3n) is 2.59. The van der Waals surface area contributed by atoms with E-state index in [-0.39, 0.29) is 0 Å². The van der Waals surface area contributed by atoms with Gasteiger partial charge in [0, 0.05) is 5.92 Å². The van der Waals surface area contributed by atoms with Gasteiger partial charge in [0.15, 0.2) is 0 Å². The zero-order valence-corrected chi connectivity index (χ0v) is 7.27. The van der Waals surface area contributed by atoms with Crippen LogP contribution in [0.5, 0.6) is 0 Å². The minimum Gasteiger partial charge on any atom is -0.0732 e. The third-order valence-corrected chi connectivity index (χ3v) is 2.59. The summed E-state index contributed by atoms with van der Waals surface area (Å²) in [5.41, 5.74) is 4.22. The van der Waals surface area contributed by atoms with Crippen molar-refractivity contribution < 1.29 is 0 Å². The first-order valence-electron chi connectivity index (χ1n) is 4.61. The highest BCUT2D eigenvalue weighted by Gasteiger charge is 2.27. The lowest BCUT2D eigenvalue weighted by Gasteiger charge is -2.06. The van der Waals surface area contributed by atoms with E-state index in [1.807, 2.05) is 0 Å². The second kappa shape index (κ2) is 2.46. The van der Waals surface area contributed by atoms with Crippen LogP contribution in [0.15, 0.2) is 60.2 Å². The molecule has 0 saturated heterocycles. The lowest BCUT2D eigenvalue weighted by Crippen LogP contribution is -1.88. The van der Waals surface area contributed by atoms with Gasteiger partial charge in [0.1, 0.15) is 0 Å². The van der Waals surface area contributed by atoms with Gasteiger partial charge < -0.3 is 0 Å². The fourth-order valence-corrected chi connectivity index (χ4v) is 1.82. The van der Waals surface area contributed by atoms with Crippen LogP contribution >= 0.6 is 0 Å². The van der Waals surface area contributed by atoms with Gasteiger partial charge >= 0.3 is 0 Å². The summed E-state index contributed by atoms with van der Waals surface area (Å²) in [6.07, 6.45) is 8.90. The molecule has 0 heterocycles. The van der Waals surface area contributed by atoms with Crippen molar-refractivity contribution in [2.24, 2.45) is 5.92 Å². The second-order valence-corrected chi connectivity index (χ2v) is 3.48. The van der Waals surface area contributed by atoms with Crippen LogP contribution < -0.4 is 0 Å². The summed E-state index contributed by atoms with van der Waals surface area (Å²) in [6.45, 7) is 0. The van der Waals surface area contributed by atoms with Crippen molar-refractivity contribution in [2.75, 3.05) is 0 Å². The molecule has 0 aromatic heterocycles. The van der Waals surface area contributed by atoms with Crippen molar-refractivity contribution in [1.29, 1.82) is 0 Å². The molecule has 0 amide bonds. The van der Waals surface area contributed by atoms with Crippen LogP contribution in [-0.4, -0.2) is 0 Å². The smallest absolute Gasteiger partial charge is 0.0211 e. The Hall–Kier alpha value is -1.56. The van der Waals surface area contributed by atoms with Gasteiger partial charge in [-0.1, -0.05) is 54.6 Å². The highest BCUT2D eigenvalue weighted by molar-refractivity contribution is 5.87. The van der Waals surface area contributed by atoms with E-state index in [0.717, 1.165) is 0 Å². The number of allylic oxidation sites excluding steroid dienone is 6. The molecule has 1 aromatic rings. The molecule has 0 bridgehead atoms. The minimum absolute atomic E-state index is 0.639. The fraction of sp³-hybridized carbons (Fsp3) is 0.0769. The maximum atomic E-state index is 2.31. The molecule has 0 nitrogen and oxygen atoms in total. The van der Waals surface area contributed by atoms with Gasteiger partial charge in [0.2, 0.25) is 0 Å². The average molecular weight is 166 g/mol. The van der Waals surface area contributed by atoms with E-state index in [1.54, 1.807) is 0 Å². The molecule has 1 atom stereocenters. The van der Waals surface area contributed by atoms with E-state index in [4.69, 9.17) is 0 Å². The molecule has 0 radical (unpaired) electrons. The van der Waals surface area contributed by atoms with Crippen LogP contribution in [-0.2, 0) is 0 Å². The van der Waals surface area contributed by atoms with Crippen molar-refractivity contribution in [3.05, 3.63) is 65.8 Å². The Morgan fingerprint density at radius 1 is 1.00 bits per heavy atom. The molecule has 0 heteroatoms. The Morgan fingerprint density at radius 3 is 2.69 bits per heavy atom. The lowest BCUT2D eigenvalue weighted by molar-refractivity contribution is 1.20. The topological polar surface area (TPSA) is 0 Å². The predicted octanol–water partition coefficient (Wildman–Crippen LogP) is 3.20. The number of hydrogen-bond donors (Lipinski definition) is 0. The Balaban J connectivity index is 2.06. The Labute approximate surface area is 77.9 Å². The molecule has 0 aliphatic heterocycles. The summed E-state index contributed by atoms with van der Waals surface area (Å²) in [7, 11) is 0. The molecule has 0 saturated carbocycles. The third kappa shape index (κ3) is 1.06. The van der Waals surface area contributed by atoms with E-state index < -0.39 is 0 Å². The number of rotatable bonds is 1. The van der Waals surface area contributed by atoms with Crippen LogP contribution in [0.1, 0.15) is 5.56 Å². The van der Waals surface area contributed by atoms with E-state index in [9.17, 15) is 0 Å². The van der Waals surface area contributed by atoms with Gasteiger partial charge in [0.05, 0.1) is 0 Å². The molecule has 0 unspecified atom stereocenters. The maximum Gasteiger partial charge on any atom is 0.0211 e. The Bertz CT molecular complexity index is 419. The summed E-state index contributed by atoms with van der Waals surface area (Å²) >= 11 is 0. The van der Waals surface area contributed by atoms with Crippen LogP contribution in [0.3, 0.4) is 0 Å². The summed E-state index contributed by atoms with van der Waals surface area (Å²) in [5.74, 6) is 0.639. The van der Waals surface area contributed by atoms with E-state index in [2.05, 4.69) is 54.6 Å². The molecule has 0 spiro atoms. The standard InChI is InChI=1S/C13H10/c1-2-5-10(6-3-1)12-8-4-7-11-9-13(11)12/h1-9,11H/t11-/m1/s1. The fourth-order valence-electron chi connectivity index (χ4n) is 1.82. The minimum atomic E-state index is 0.639. The molecule has 62 valence electrons. The average Bonchev–Trinajstić information content (AvgIpc) is 2.97. The summed E-state index contributed by atoms with van der Waals surface area (Å²) in [6, 6.07) is 10.6. The first kappa shape index (κ1) is 6.90. The lowest BCUT2D eigenvalue weighted by atomic mass is 9.98. The van der Waals surface area contributed by atoms with Crippen molar-refractivity contribution in [3.8, 4) is 0 Å². The summed E-state index contributed by atoms with van der Waals surface area (Å²) in [5, 5.41) is 0. The first-order chi connectivity index (χ1) is 6.45. The number of fused-ring (bicyclic) bond motifs is 1. The predicted molar refractivity (Wildman–Crippen MR) is 55.1 cm³/mol. The van der Waals surface area contributed by atoms with Gasteiger partial charge in [-0.25, -0.2) is 0 Å². The van der Waals surface area contributed by atoms with Crippen molar-refractivity contribution >= 4 is 5.57 Å². The first-order valence-corrected chi connectivity index (χ1v) is 4.61. The molecule has 2 aliphatic rings. The molecule has 3 rings (SSSR count). The summed E-state index contributed by atoms with van der Waals surface area (Å²) < 4.78 is 0. The van der Waals surface area contributed by atoms with Gasteiger partial charge in [-0.05, 0) is 16.7 Å². The summed E-state index contributed by atoms with van der Waals surface area (Å²) in [4.78, 5) is 0. The van der Waals surface area contributed by atoms with Crippen LogP contribution in [0.2, 0.25) is 0 Å². The molecule has 13 heavy (non-hydrogen) atoms. The zero-order valence-electron chi connectivity index (χ0n) is 7.27. The van der Waals surface area contributed by atoms with Gasteiger partial charge in [-0.3, -0.25) is 0 Å². The van der Waals surface area contributed by atoms with Crippen molar-refractivity contribution in [2.45, 2.75) is 0 Å².